The van der Waals surface area contributed by atoms with Gasteiger partial charge in [0, 0.05) is 6.42 Å². The third-order valence-corrected chi connectivity index (χ3v) is 3.97. The third-order valence-electron chi connectivity index (χ3n) is 3.09. The number of ether oxygens (including phenoxy) is 2. The highest BCUT2D eigenvalue weighted by atomic mass is 79.9. The number of Topliss-reactive ketones (excluding diaryl/α,β-unsaturated/α-hetero) is 1. The summed E-state index contributed by atoms with van der Waals surface area (Å²) in [5, 5.41) is 0. The van der Waals surface area contributed by atoms with Gasteiger partial charge in [0.2, 0.25) is 0 Å². The van der Waals surface area contributed by atoms with Crippen molar-refractivity contribution in [2.75, 3.05) is 14.2 Å². The Kier molecular flexibility index (Phi) is 4.96. The molecule has 3 nitrogen and oxygen atoms in total. The second-order valence-electron chi connectivity index (χ2n) is 4.35. The van der Waals surface area contributed by atoms with Crippen LogP contribution >= 0.6 is 15.9 Å². The van der Waals surface area contributed by atoms with Gasteiger partial charge < -0.3 is 9.47 Å². The number of rotatable bonds is 5. The first kappa shape index (κ1) is 15.5. The summed E-state index contributed by atoms with van der Waals surface area (Å²) in [6.07, 6.45) is 0.0713. The molecule has 2 aromatic carbocycles. The van der Waals surface area contributed by atoms with Crippen molar-refractivity contribution in [3.63, 3.8) is 0 Å². The molecule has 0 atom stereocenters. The maximum atomic E-state index is 13.5. The van der Waals surface area contributed by atoms with Crippen molar-refractivity contribution in [1.82, 2.24) is 0 Å². The molecule has 2 rings (SSSR count). The van der Waals surface area contributed by atoms with E-state index < -0.39 is 5.82 Å². The van der Waals surface area contributed by atoms with Gasteiger partial charge in [-0.3, -0.25) is 4.79 Å². The van der Waals surface area contributed by atoms with Gasteiger partial charge >= 0.3 is 0 Å². The number of carbonyl (C=O) groups excluding carboxylic acids is 1. The minimum Gasteiger partial charge on any atom is -0.493 e. The summed E-state index contributed by atoms with van der Waals surface area (Å²) in [4.78, 5) is 12.4. The SMILES string of the molecule is COc1cccc(C(=O)Cc2cccc(F)c2Br)c1OC. The van der Waals surface area contributed by atoms with Gasteiger partial charge in [-0.15, -0.1) is 0 Å². The molecule has 0 aliphatic heterocycles. The smallest absolute Gasteiger partial charge is 0.171 e. The van der Waals surface area contributed by atoms with Crippen LogP contribution in [0, 0.1) is 5.82 Å². The summed E-state index contributed by atoms with van der Waals surface area (Å²) >= 11 is 3.16. The maximum absolute atomic E-state index is 13.5. The van der Waals surface area contributed by atoms with E-state index in [2.05, 4.69) is 15.9 Å². The average molecular weight is 353 g/mol. The fourth-order valence-corrected chi connectivity index (χ4v) is 2.46. The molecule has 0 spiro atoms. The first-order chi connectivity index (χ1) is 10.1. The van der Waals surface area contributed by atoms with Gasteiger partial charge in [0.15, 0.2) is 17.3 Å². The number of para-hydroxylation sites is 1. The van der Waals surface area contributed by atoms with E-state index in [0.717, 1.165) is 0 Å². The number of hydrogen-bond donors (Lipinski definition) is 0. The minimum atomic E-state index is -0.391. The Hall–Kier alpha value is -1.88. The molecule has 2 aromatic rings. The van der Waals surface area contributed by atoms with Crippen LogP contribution in [0.3, 0.4) is 0 Å². The highest BCUT2D eigenvalue weighted by Gasteiger charge is 2.18. The lowest BCUT2D eigenvalue weighted by Gasteiger charge is -2.12. The monoisotopic (exact) mass is 352 g/mol. The van der Waals surface area contributed by atoms with Gasteiger partial charge in [0.1, 0.15) is 5.82 Å². The molecule has 0 heterocycles. The molecular formula is C16H14BrFO3. The Labute approximate surface area is 130 Å². The molecule has 0 aliphatic rings. The number of carbonyl (C=O) groups is 1. The van der Waals surface area contributed by atoms with Crippen molar-refractivity contribution in [3.8, 4) is 11.5 Å². The first-order valence-electron chi connectivity index (χ1n) is 6.25. The molecule has 0 fully saturated rings. The van der Waals surface area contributed by atoms with Crippen LogP contribution in [0.2, 0.25) is 0 Å². The van der Waals surface area contributed by atoms with Gasteiger partial charge in [-0.25, -0.2) is 4.39 Å². The van der Waals surface area contributed by atoms with E-state index in [1.54, 1.807) is 30.3 Å². The van der Waals surface area contributed by atoms with E-state index in [4.69, 9.17) is 9.47 Å². The van der Waals surface area contributed by atoms with Crippen molar-refractivity contribution < 1.29 is 18.7 Å². The van der Waals surface area contributed by atoms with Crippen LogP contribution < -0.4 is 9.47 Å². The standard InChI is InChI=1S/C16H14BrFO3/c1-20-14-8-4-6-11(16(14)21-2)13(19)9-10-5-3-7-12(18)15(10)17/h3-8H,9H2,1-2H3. The van der Waals surface area contributed by atoms with E-state index >= 15 is 0 Å². The highest BCUT2D eigenvalue weighted by Crippen LogP contribution is 2.32. The summed E-state index contributed by atoms with van der Waals surface area (Å²) in [5.74, 6) is 0.314. The molecule has 0 bridgehead atoms. The third kappa shape index (κ3) is 3.24. The van der Waals surface area contributed by atoms with Crippen LogP contribution in [-0.2, 0) is 6.42 Å². The van der Waals surface area contributed by atoms with Crippen LogP contribution in [0.1, 0.15) is 15.9 Å². The second-order valence-corrected chi connectivity index (χ2v) is 5.15. The quantitative estimate of drug-likeness (QED) is 0.762. The molecule has 0 radical (unpaired) electrons. The lowest BCUT2D eigenvalue weighted by atomic mass is 10.0. The molecule has 0 unspecified atom stereocenters. The van der Waals surface area contributed by atoms with Crippen LogP contribution in [0.4, 0.5) is 4.39 Å². The number of halogens is 2. The molecular weight excluding hydrogens is 339 g/mol. The largest absolute Gasteiger partial charge is 0.493 e. The summed E-state index contributed by atoms with van der Waals surface area (Å²) in [6.45, 7) is 0. The first-order valence-corrected chi connectivity index (χ1v) is 7.04. The fraction of sp³-hybridized carbons (Fsp3) is 0.188. The van der Waals surface area contributed by atoms with Crippen molar-refractivity contribution in [2.45, 2.75) is 6.42 Å². The van der Waals surface area contributed by atoms with Gasteiger partial charge in [-0.2, -0.15) is 0 Å². The van der Waals surface area contributed by atoms with E-state index in [-0.39, 0.29) is 12.2 Å². The van der Waals surface area contributed by atoms with Gasteiger partial charge in [0.25, 0.3) is 0 Å². The Balaban J connectivity index is 2.35. The minimum absolute atomic E-state index is 0.0713. The van der Waals surface area contributed by atoms with E-state index in [9.17, 15) is 9.18 Å². The molecule has 0 N–H and O–H groups in total. The number of ketones is 1. The number of hydrogen-bond acceptors (Lipinski definition) is 3. The summed E-state index contributed by atoms with van der Waals surface area (Å²) in [5.41, 5.74) is 0.998. The molecule has 21 heavy (non-hydrogen) atoms. The summed E-state index contributed by atoms with van der Waals surface area (Å²) in [6, 6.07) is 9.72. The zero-order chi connectivity index (χ0) is 15.4. The number of benzene rings is 2. The Morgan fingerprint density at radius 1 is 1.14 bits per heavy atom. The van der Waals surface area contributed by atoms with Crippen LogP contribution in [0.25, 0.3) is 0 Å². The Bertz CT molecular complexity index is 671. The zero-order valence-corrected chi connectivity index (χ0v) is 13.2. The second kappa shape index (κ2) is 6.72. The van der Waals surface area contributed by atoms with Gasteiger partial charge in [-0.1, -0.05) is 18.2 Å². The predicted octanol–water partition coefficient (Wildman–Crippen LogP) is 4.03. The molecule has 110 valence electrons. The van der Waals surface area contributed by atoms with Crippen LogP contribution in [-0.4, -0.2) is 20.0 Å². The zero-order valence-electron chi connectivity index (χ0n) is 11.7. The highest BCUT2D eigenvalue weighted by molar-refractivity contribution is 9.10. The van der Waals surface area contributed by atoms with E-state index in [0.29, 0.717) is 27.1 Å². The lowest BCUT2D eigenvalue weighted by Crippen LogP contribution is -2.07. The molecule has 0 amide bonds. The number of methoxy groups -OCH3 is 2. The maximum Gasteiger partial charge on any atom is 0.171 e. The fourth-order valence-electron chi connectivity index (χ4n) is 2.06. The van der Waals surface area contributed by atoms with Gasteiger partial charge in [0.05, 0.1) is 24.3 Å². The Morgan fingerprint density at radius 3 is 2.52 bits per heavy atom. The average Bonchev–Trinajstić information content (AvgIpc) is 2.50. The van der Waals surface area contributed by atoms with Crippen molar-refractivity contribution in [2.24, 2.45) is 0 Å². The molecule has 0 saturated carbocycles. The molecule has 0 aliphatic carbocycles. The lowest BCUT2D eigenvalue weighted by molar-refractivity contribution is 0.0989. The topological polar surface area (TPSA) is 35.5 Å². The molecule has 5 heteroatoms. The summed E-state index contributed by atoms with van der Waals surface area (Å²) in [7, 11) is 2.99. The predicted molar refractivity (Wildman–Crippen MR) is 81.7 cm³/mol. The Morgan fingerprint density at radius 2 is 1.86 bits per heavy atom. The van der Waals surface area contributed by atoms with Crippen molar-refractivity contribution in [3.05, 3.63) is 57.8 Å². The molecule has 0 aromatic heterocycles. The van der Waals surface area contributed by atoms with E-state index in [1.807, 2.05) is 0 Å². The van der Waals surface area contributed by atoms with E-state index in [1.165, 1.54) is 20.3 Å². The summed E-state index contributed by atoms with van der Waals surface area (Å²) < 4.78 is 24.2. The normalized spacial score (nSPS) is 10.3. The van der Waals surface area contributed by atoms with Crippen molar-refractivity contribution in [1.29, 1.82) is 0 Å². The molecule has 0 saturated heterocycles. The van der Waals surface area contributed by atoms with Crippen LogP contribution in [0.5, 0.6) is 11.5 Å². The van der Waals surface area contributed by atoms with Crippen LogP contribution in [0.15, 0.2) is 40.9 Å². The van der Waals surface area contributed by atoms with Crippen molar-refractivity contribution >= 4 is 21.7 Å². The van der Waals surface area contributed by atoms with Gasteiger partial charge in [-0.05, 0) is 39.7 Å².